The quantitative estimate of drug-likeness (QED) is 0.802. The Morgan fingerprint density at radius 1 is 1.38 bits per heavy atom. The molecule has 5 nitrogen and oxygen atoms in total. The van der Waals surface area contributed by atoms with Crippen molar-refractivity contribution in [3.8, 4) is 5.75 Å². The van der Waals surface area contributed by atoms with Gasteiger partial charge in [0.25, 0.3) is 10.0 Å². The number of sulfonamides is 1. The maximum Gasteiger partial charge on any atom is 0.264 e. The molecule has 0 N–H and O–H groups in total. The van der Waals surface area contributed by atoms with Gasteiger partial charge in [0.05, 0.1) is 24.7 Å². The number of nitrogens with zero attached hydrogens (tertiary/aromatic N) is 1. The normalized spacial score (nSPS) is 18.7. The summed E-state index contributed by atoms with van der Waals surface area (Å²) >= 11 is 0. The minimum absolute atomic E-state index is 0.217. The Bertz CT molecular complexity index is 661. The smallest absolute Gasteiger partial charge is 0.264 e. The maximum absolute atomic E-state index is 12.7. The molecule has 0 bridgehead atoms. The SMILES string of the molecule is C=C(C)C1CN(S(=O)(=O)c2ccc(OC)cc2)C=C(C)O1. The van der Waals surface area contributed by atoms with E-state index in [0.29, 0.717) is 11.5 Å². The van der Waals surface area contributed by atoms with Gasteiger partial charge in [-0.25, -0.2) is 8.42 Å². The molecule has 2 rings (SSSR count). The van der Waals surface area contributed by atoms with Gasteiger partial charge in [-0.3, -0.25) is 4.31 Å². The third-order valence-electron chi connectivity index (χ3n) is 3.22. The number of allylic oxidation sites excluding steroid dienone is 1. The summed E-state index contributed by atoms with van der Waals surface area (Å²) in [7, 11) is -2.07. The fourth-order valence-electron chi connectivity index (χ4n) is 2.02. The van der Waals surface area contributed by atoms with Crippen LogP contribution in [0.2, 0.25) is 0 Å². The van der Waals surface area contributed by atoms with E-state index < -0.39 is 10.0 Å². The van der Waals surface area contributed by atoms with Crippen LogP contribution in [-0.4, -0.2) is 32.5 Å². The van der Waals surface area contributed by atoms with E-state index >= 15 is 0 Å². The zero-order valence-corrected chi connectivity index (χ0v) is 13.2. The van der Waals surface area contributed by atoms with Crippen molar-refractivity contribution in [2.45, 2.75) is 24.8 Å². The number of rotatable bonds is 4. The molecule has 0 amide bonds. The number of hydrogen-bond donors (Lipinski definition) is 0. The molecule has 1 heterocycles. The van der Waals surface area contributed by atoms with E-state index in [4.69, 9.17) is 9.47 Å². The zero-order valence-electron chi connectivity index (χ0n) is 12.4. The van der Waals surface area contributed by atoms with E-state index in [-0.39, 0.29) is 17.5 Å². The summed E-state index contributed by atoms with van der Waals surface area (Å²) in [5.41, 5.74) is 0.789. The molecule has 1 unspecified atom stereocenters. The molecule has 0 radical (unpaired) electrons. The number of benzene rings is 1. The molecule has 1 atom stereocenters. The summed E-state index contributed by atoms with van der Waals surface area (Å²) in [6.45, 7) is 7.61. The van der Waals surface area contributed by atoms with Crippen LogP contribution in [0.3, 0.4) is 0 Å². The summed E-state index contributed by atoms with van der Waals surface area (Å²) in [6, 6.07) is 6.31. The van der Waals surface area contributed by atoms with Gasteiger partial charge in [-0.2, -0.15) is 0 Å². The minimum Gasteiger partial charge on any atom is -0.497 e. The first-order valence-electron chi connectivity index (χ1n) is 6.51. The van der Waals surface area contributed by atoms with Crippen LogP contribution in [0.4, 0.5) is 0 Å². The lowest BCUT2D eigenvalue weighted by Crippen LogP contribution is -2.38. The number of hydrogen-bond acceptors (Lipinski definition) is 4. The van der Waals surface area contributed by atoms with Crippen molar-refractivity contribution in [1.82, 2.24) is 4.31 Å². The lowest BCUT2D eigenvalue weighted by atomic mass is 10.2. The van der Waals surface area contributed by atoms with E-state index in [1.807, 2.05) is 6.92 Å². The van der Waals surface area contributed by atoms with Crippen molar-refractivity contribution in [3.05, 3.63) is 48.4 Å². The van der Waals surface area contributed by atoms with Gasteiger partial charge in [0.15, 0.2) is 0 Å². The molecule has 1 aliphatic heterocycles. The molecule has 21 heavy (non-hydrogen) atoms. The number of methoxy groups -OCH3 is 1. The molecule has 0 aromatic heterocycles. The summed E-state index contributed by atoms with van der Waals surface area (Å²) in [5, 5.41) is 0. The second-order valence-corrected chi connectivity index (χ2v) is 6.83. The predicted molar refractivity (Wildman–Crippen MR) is 80.3 cm³/mol. The van der Waals surface area contributed by atoms with E-state index in [1.54, 1.807) is 19.1 Å². The second kappa shape index (κ2) is 5.81. The van der Waals surface area contributed by atoms with E-state index in [1.165, 1.54) is 29.7 Å². The fourth-order valence-corrected chi connectivity index (χ4v) is 3.39. The molecular formula is C15H19NO4S. The highest BCUT2D eigenvalue weighted by molar-refractivity contribution is 7.89. The lowest BCUT2D eigenvalue weighted by molar-refractivity contribution is 0.110. The largest absolute Gasteiger partial charge is 0.497 e. The molecular weight excluding hydrogens is 290 g/mol. The third-order valence-corrected chi connectivity index (χ3v) is 4.96. The monoisotopic (exact) mass is 309 g/mol. The molecule has 6 heteroatoms. The molecule has 0 aliphatic carbocycles. The van der Waals surface area contributed by atoms with E-state index in [0.717, 1.165) is 5.57 Å². The van der Waals surface area contributed by atoms with Gasteiger partial charge in [0.2, 0.25) is 0 Å². The molecule has 0 spiro atoms. The first kappa shape index (κ1) is 15.4. The van der Waals surface area contributed by atoms with Gasteiger partial charge in [0, 0.05) is 0 Å². The Morgan fingerprint density at radius 3 is 2.52 bits per heavy atom. The molecule has 114 valence electrons. The standard InChI is InChI=1S/C15H19NO4S/c1-11(2)15-10-16(9-12(3)20-15)21(17,18)14-7-5-13(19-4)6-8-14/h5-9,15H,1,10H2,2-4H3. The van der Waals surface area contributed by atoms with E-state index in [2.05, 4.69) is 6.58 Å². The molecule has 0 fully saturated rings. The van der Waals surface area contributed by atoms with Crippen LogP contribution in [0.15, 0.2) is 53.3 Å². The van der Waals surface area contributed by atoms with Crippen LogP contribution < -0.4 is 4.74 Å². The van der Waals surface area contributed by atoms with Gasteiger partial charge in [-0.05, 0) is 43.7 Å². The Morgan fingerprint density at radius 2 is 2.00 bits per heavy atom. The highest BCUT2D eigenvalue weighted by Gasteiger charge is 2.29. The summed E-state index contributed by atoms with van der Waals surface area (Å²) in [4.78, 5) is 0.217. The average Bonchev–Trinajstić information content (AvgIpc) is 2.46. The fraction of sp³-hybridized carbons (Fsp3) is 0.333. The van der Waals surface area contributed by atoms with Gasteiger partial charge in [-0.1, -0.05) is 6.58 Å². The van der Waals surface area contributed by atoms with Crippen LogP contribution in [0.25, 0.3) is 0 Å². The predicted octanol–water partition coefficient (Wildman–Crippen LogP) is 2.52. The first-order valence-corrected chi connectivity index (χ1v) is 7.95. The maximum atomic E-state index is 12.7. The van der Waals surface area contributed by atoms with Crippen molar-refractivity contribution in [2.24, 2.45) is 0 Å². The highest BCUT2D eigenvalue weighted by atomic mass is 32.2. The van der Waals surface area contributed by atoms with Gasteiger partial charge in [-0.15, -0.1) is 0 Å². The topological polar surface area (TPSA) is 55.8 Å². The van der Waals surface area contributed by atoms with Crippen LogP contribution in [0.1, 0.15) is 13.8 Å². The van der Waals surface area contributed by atoms with Crippen molar-refractivity contribution >= 4 is 10.0 Å². The van der Waals surface area contributed by atoms with Crippen LogP contribution in [0, 0.1) is 0 Å². The molecule has 0 saturated carbocycles. The Balaban J connectivity index is 2.33. The van der Waals surface area contributed by atoms with Crippen LogP contribution >= 0.6 is 0 Å². The molecule has 1 aromatic carbocycles. The third kappa shape index (κ3) is 3.21. The highest BCUT2D eigenvalue weighted by Crippen LogP contribution is 2.25. The van der Waals surface area contributed by atoms with Gasteiger partial charge >= 0.3 is 0 Å². The van der Waals surface area contributed by atoms with Crippen molar-refractivity contribution in [2.75, 3.05) is 13.7 Å². The summed E-state index contributed by atoms with van der Waals surface area (Å²) in [5.74, 6) is 1.16. The molecule has 1 aliphatic rings. The van der Waals surface area contributed by atoms with Crippen LogP contribution in [0.5, 0.6) is 5.75 Å². The first-order chi connectivity index (χ1) is 9.84. The van der Waals surface area contributed by atoms with Crippen molar-refractivity contribution < 1.29 is 17.9 Å². The van der Waals surface area contributed by atoms with E-state index in [9.17, 15) is 8.42 Å². The molecule has 0 saturated heterocycles. The molecule has 1 aromatic rings. The van der Waals surface area contributed by atoms with Gasteiger partial charge < -0.3 is 9.47 Å². The summed E-state index contributed by atoms with van der Waals surface area (Å²) < 4.78 is 37.2. The lowest BCUT2D eigenvalue weighted by Gasteiger charge is -2.32. The van der Waals surface area contributed by atoms with Crippen molar-refractivity contribution in [3.63, 3.8) is 0 Å². The van der Waals surface area contributed by atoms with Crippen LogP contribution in [-0.2, 0) is 14.8 Å². The average molecular weight is 309 g/mol. The van der Waals surface area contributed by atoms with Crippen molar-refractivity contribution in [1.29, 1.82) is 0 Å². The number of ether oxygens (including phenoxy) is 2. The second-order valence-electron chi connectivity index (χ2n) is 4.94. The minimum atomic E-state index is -3.61. The zero-order chi connectivity index (χ0) is 15.6. The van der Waals surface area contributed by atoms with Gasteiger partial charge in [0.1, 0.15) is 17.6 Å². The Kier molecular flexibility index (Phi) is 4.27. The summed E-state index contributed by atoms with van der Waals surface area (Å²) in [6.07, 6.45) is 1.17. The Hall–Kier alpha value is -1.95. The Labute approximate surface area is 125 Å².